The molecule has 2 unspecified atom stereocenters. The third kappa shape index (κ3) is 1.23. The zero-order chi connectivity index (χ0) is 10.2. The molecule has 70 valence electrons. The fraction of sp³-hybridized carbons (Fsp3) is 0.600. The van der Waals surface area contributed by atoms with Gasteiger partial charge in [0.2, 0.25) is 0 Å². The van der Waals surface area contributed by atoms with E-state index in [0.29, 0.717) is 5.57 Å². The Morgan fingerprint density at radius 1 is 1.69 bits per heavy atom. The fourth-order valence-corrected chi connectivity index (χ4v) is 1.38. The minimum atomic E-state index is -1.14. The van der Waals surface area contributed by atoms with E-state index in [0.717, 1.165) is 0 Å². The number of esters is 1. The van der Waals surface area contributed by atoms with E-state index in [9.17, 15) is 4.79 Å². The predicted molar refractivity (Wildman–Crippen MR) is 47.6 cm³/mol. The van der Waals surface area contributed by atoms with Crippen LogP contribution in [-0.2, 0) is 9.53 Å². The average molecular weight is 179 g/mol. The molecule has 1 heterocycles. The Morgan fingerprint density at radius 2 is 2.23 bits per heavy atom. The van der Waals surface area contributed by atoms with Crippen molar-refractivity contribution in [1.82, 2.24) is 0 Å². The number of carbonyl (C=O) groups is 1. The van der Waals surface area contributed by atoms with Gasteiger partial charge in [0.05, 0.1) is 6.07 Å². The average Bonchev–Trinajstić information content (AvgIpc) is 2.30. The summed E-state index contributed by atoms with van der Waals surface area (Å²) in [5, 5.41) is 8.85. The van der Waals surface area contributed by atoms with Crippen molar-refractivity contribution >= 4 is 5.97 Å². The number of rotatable bonds is 1. The molecule has 1 rings (SSSR count). The first-order chi connectivity index (χ1) is 5.93. The van der Waals surface area contributed by atoms with Crippen LogP contribution in [0, 0.1) is 22.7 Å². The molecule has 0 aromatic rings. The van der Waals surface area contributed by atoms with Gasteiger partial charge in [0.1, 0.15) is 6.10 Å². The molecule has 1 fully saturated rings. The number of hydrogen-bond donors (Lipinski definition) is 0. The number of ether oxygens (including phenoxy) is 1. The van der Waals surface area contributed by atoms with Crippen molar-refractivity contribution in [3.05, 3.63) is 12.2 Å². The van der Waals surface area contributed by atoms with Crippen LogP contribution in [0.2, 0.25) is 0 Å². The van der Waals surface area contributed by atoms with Crippen molar-refractivity contribution in [1.29, 1.82) is 5.26 Å². The van der Waals surface area contributed by atoms with Crippen LogP contribution in [0.1, 0.15) is 20.8 Å². The van der Waals surface area contributed by atoms with E-state index in [1.807, 2.05) is 19.9 Å². The highest BCUT2D eigenvalue weighted by molar-refractivity contribution is 5.87. The Labute approximate surface area is 78.0 Å². The molecule has 1 aliphatic heterocycles. The summed E-state index contributed by atoms with van der Waals surface area (Å²) < 4.78 is 5.08. The molecule has 0 aliphatic carbocycles. The lowest BCUT2D eigenvalue weighted by atomic mass is 9.82. The largest absolute Gasteiger partial charge is 0.456 e. The van der Waals surface area contributed by atoms with Gasteiger partial charge in [-0.05, 0) is 18.4 Å². The van der Waals surface area contributed by atoms with Crippen molar-refractivity contribution in [2.75, 3.05) is 0 Å². The highest BCUT2D eigenvalue weighted by Gasteiger charge is 2.50. The number of nitrogens with zero attached hydrogens (tertiary/aromatic N) is 1. The number of cyclic esters (lactones) is 1. The number of nitriles is 1. The van der Waals surface area contributed by atoms with Crippen molar-refractivity contribution in [3.8, 4) is 6.07 Å². The summed E-state index contributed by atoms with van der Waals surface area (Å²) in [4.78, 5) is 11.3. The van der Waals surface area contributed by atoms with Crippen LogP contribution < -0.4 is 0 Å². The summed E-state index contributed by atoms with van der Waals surface area (Å²) in [6, 6.07) is 1.95. The Morgan fingerprint density at radius 3 is 2.46 bits per heavy atom. The monoisotopic (exact) mass is 179 g/mol. The van der Waals surface area contributed by atoms with Gasteiger partial charge in [-0.15, -0.1) is 0 Å². The summed E-state index contributed by atoms with van der Waals surface area (Å²) in [5.74, 6) is -0.301. The third-order valence-corrected chi connectivity index (χ3v) is 2.46. The van der Waals surface area contributed by atoms with E-state index in [1.165, 1.54) is 0 Å². The van der Waals surface area contributed by atoms with Crippen LogP contribution in [0.25, 0.3) is 0 Å². The van der Waals surface area contributed by atoms with Crippen LogP contribution in [0.4, 0.5) is 0 Å². The van der Waals surface area contributed by atoms with Crippen molar-refractivity contribution in [3.63, 3.8) is 0 Å². The van der Waals surface area contributed by atoms with Gasteiger partial charge >= 0.3 is 5.97 Å². The Balaban J connectivity index is 3.03. The molecule has 2 atom stereocenters. The summed E-state index contributed by atoms with van der Waals surface area (Å²) in [7, 11) is 0. The lowest BCUT2D eigenvalue weighted by Crippen LogP contribution is -2.22. The molecule has 0 spiro atoms. The number of carbonyl (C=O) groups excluding carboxylic acids is 1. The van der Waals surface area contributed by atoms with E-state index in [1.54, 1.807) is 6.92 Å². The summed E-state index contributed by atoms with van der Waals surface area (Å²) in [6.07, 6.45) is -0.308. The molecule has 0 amide bonds. The first-order valence-corrected chi connectivity index (χ1v) is 4.25. The third-order valence-electron chi connectivity index (χ3n) is 2.46. The molecule has 0 bridgehead atoms. The maximum atomic E-state index is 11.3. The molecule has 0 saturated carbocycles. The van der Waals surface area contributed by atoms with Gasteiger partial charge in [-0.25, -0.2) is 4.79 Å². The van der Waals surface area contributed by atoms with Gasteiger partial charge in [0.25, 0.3) is 0 Å². The first-order valence-electron chi connectivity index (χ1n) is 4.25. The maximum absolute atomic E-state index is 11.3. The molecule has 1 aliphatic rings. The van der Waals surface area contributed by atoms with Crippen LogP contribution in [0.3, 0.4) is 0 Å². The van der Waals surface area contributed by atoms with E-state index >= 15 is 0 Å². The SMILES string of the molecule is C=C1C(C(C)C)OC(=O)C1(C)C#N. The van der Waals surface area contributed by atoms with E-state index < -0.39 is 11.4 Å². The molecule has 3 heteroatoms. The second kappa shape index (κ2) is 2.88. The minimum absolute atomic E-state index is 0.173. The van der Waals surface area contributed by atoms with E-state index in [-0.39, 0.29) is 12.0 Å². The molecule has 13 heavy (non-hydrogen) atoms. The zero-order valence-electron chi connectivity index (χ0n) is 8.13. The Kier molecular flexibility index (Phi) is 2.17. The van der Waals surface area contributed by atoms with Gasteiger partial charge in [-0.1, -0.05) is 20.4 Å². The van der Waals surface area contributed by atoms with Gasteiger partial charge in [-0.3, -0.25) is 0 Å². The highest BCUT2D eigenvalue weighted by atomic mass is 16.6. The summed E-state index contributed by atoms with van der Waals surface area (Å²) in [5.41, 5.74) is -0.565. The van der Waals surface area contributed by atoms with Crippen molar-refractivity contribution in [2.45, 2.75) is 26.9 Å². The molecular weight excluding hydrogens is 166 g/mol. The molecule has 1 saturated heterocycles. The van der Waals surface area contributed by atoms with Crippen LogP contribution in [0.5, 0.6) is 0 Å². The zero-order valence-corrected chi connectivity index (χ0v) is 8.13. The summed E-state index contributed by atoms with van der Waals surface area (Å²) >= 11 is 0. The molecular formula is C10H13NO2. The van der Waals surface area contributed by atoms with E-state index in [4.69, 9.17) is 10.00 Å². The van der Waals surface area contributed by atoms with Crippen LogP contribution in [0.15, 0.2) is 12.2 Å². The smallest absolute Gasteiger partial charge is 0.331 e. The molecule has 3 nitrogen and oxygen atoms in total. The Bertz CT molecular complexity index is 301. The fourth-order valence-electron chi connectivity index (χ4n) is 1.38. The van der Waals surface area contributed by atoms with Crippen LogP contribution in [-0.4, -0.2) is 12.1 Å². The second-order valence-corrected chi connectivity index (χ2v) is 3.83. The Hall–Kier alpha value is -1.30. The number of hydrogen-bond acceptors (Lipinski definition) is 3. The van der Waals surface area contributed by atoms with E-state index in [2.05, 4.69) is 6.58 Å². The lowest BCUT2D eigenvalue weighted by Gasteiger charge is -2.15. The topological polar surface area (TPSA) is 50.1 Å². The minimum Gasteiger partial charge on any atom is -0.456 e. The van der Waals surface area contributed by atoms with Crippen molar-refractivity contribution < 1.29 is 9.53 Å². The molecule has 0 aromatic heterocycles. The van der Waals surface area contributed by atoms with Gasteiger partial charge in [0.15, 0.2) is 5.41 Å². The standard InChI is InChI=1S/C10H13NO2/c1-6(2)8-7(3)10(4,5-11)9(12)13-8/h6,8H,3H2,1-2,4H3. The highest BCUT2D eigenvalue weighted by Crippen LogP contribution is 2.39. The normalized spacial score (nSPS) is 33.3. The van der Waals surface area contributed by atoms with Crippen molar-refractivity contribution in [2.24, 2.45) is 11.3 Å². The second-order valence-electron chi connectivity index (χ2n) is 3.83. The van der Waals surface area contributed by atoms with Crippen LogP contribution >= 0.6 is 0 Å². The molecule has 0 aromatic carbocycles. The predicted octanol–water partition coefficient (Wildman–Crippen LogP) is 1.65. The quantitative estimate of drug-likeness (QED) is 0.454. The van der Waals surface area contributed by atoms with Gasteiger partial charge in [-0.2, -0.15) is 5.26 Å². The summed E-state index contributed by atoms with van der Waals surface area (Å²) in [6.45, 7) is 9.19. The molecule has 0 N–H and O–H groups in total. The maximum Gasteiger partial charge on any atom is 0.331 e. The first kappa shape index (κ1) is 9.79. The van der Waals surface area contributed by atoms with Gasteiger partial charge < -0.3 is 4.74 Å². The molecule has 0 radical (unpaired) electrons. The van der Waals surface area contributed by atoms with Gasteiger partial charge in [0, 0.05) is 0 Å². The lowest BCUT2D eigenvalue weighted by molar-refractivity contribution is -0.147.